The summed E-state index contributed by atoms with van der Waals surface area (Å²) in [4.78, 5) is 23.3. The molecule has 2 aromatic rings. The Morgan fingerprint density at radius 3 is 2.71 bits per heavy atom. The van der Waals surface area contributed by atoms with Crippen molar-refractivity contribution in [1.29, 1.82) is 0 Å². The summed E-state index contributed by atoms with van der Waals surface area (Å²) in [5, 5.41) is 0. The number of benzene rings is 1. The number of primary amides is 1. The second kappa shape index (κ2) is 10.5. The predicted molar refractivity (Wildman–Crippen MR) is 130 cm³/mol. The lowest BCUT2D eigenvalue weighted by atomic mass is 9.94. The minimum absolute atomic E-state index is 0.186. The molecular weight excluding hydrogens is 460 g/mol. The third-order valence-corrected chi connectivity index (χ3v) is 5.55. The van der Waals surface area contributed by atoms with Crippen molar-refractivity contribution in [1.82, 2.24) is 9.88 Å². The summed E-state index contributed by atoms with van der Waals surface area (Å²) < 4.78 is 37.6. The first-order valence-electron chi connectivity index (χ1n) is 10.8. The van der Waals surface area contributed by atoms with Gasteiger partial charge in [-0.2, -0.15) is 8.42 Å². The first kappa shape index (κ1) is 25.6. The maximum absolute atomic E-state index is 12.2. The summed E-state index contributed by atoms with van der Waals surface area (Å²) in [7, 11) is 0.317. The Hall–Kier alpha value is -3.02. The number of hydrogen-bond acceptors (Lipinski definition) is 8. The van der Waals surface area contributed by atoms with E-state index in [0.717, 1.165) is 40.8 Å². The van der Waals surface area contributed by atoms with Gasteiger partial charge in [-0.3, -0.25) is 14.3 Å². The van der Waals surface area contributed by atoms with Crippen LogP contribution < -0.4 is 15.2 Å². The van der Waals surface area contributed by atoms with Gasteiger partial charge in [0.1, 0.15) is 12.4 Å². The number of carbonyl (C=O) groups is 1. The molecule has 1 aromatic carbocycles. The van der Waals surface area contributed by atoms with Crippen molar-refractivity contribution in [2.45, 2.75) is 32.2 Å². The predicted octanol–water partition coefficient (Wildman–Crippen LogP) is 2.26. The molecule has 2 aliphatic heterocycles. The number of aryl methyl sites for hydroxylation is 1. The normalized spacial score (nSPS) is 15.0. The van der Waals surface area contributed by atoms with Gasteiger partial charge in [-0.25, -0.2) is 4.98 Å². The van der Waals surface area contributed by atoms with E-state index in [0.29, 0.717) is 43.1 Å². The fourth-order valence-electron chi connectivity index (χ4n) is 3.62. The molecule has 2 aliphatic rings. The zero-order valence-electron chi connectivity index (χ0n) is 19.7. The first-order chi connectivity index (χ1) is 16.0. The summed E-state index contributed by atoms with van der Waals surface area (Å²) in [6.45, 7) is 3.21. The van der Waals surface area contributed by atoms with Crippen molar-refractivity contribution in [3.63, 3.8) is 0 Å². The summed E-state index contributed by atoms with van der Waals surface area (Å²) >= 11 is 0. The molecule has 0 fully saturated rings. The van der Waals surface area contributed by atoms with Gasteiger partial charge >= 0.3 is 0 Å². The standard InChI is InChI=1S/C22H26N4O3.CH4O3S/c1-13(26(2)3)12-29-18-10-17(20-16(6-7-24-20)19(18)21(23)27)15-9-14-5-4-8-28-22(14)25-11-15;1-5(2,3)4/h7,9-11,13H,4-6,8,12H2,1-3H3,(H2,23,27);1H3,(H,2,3,4)/t13-;/m0./s1. The number of aromatic nitrogens is 1. The van der Waals surface area contributed by atoms with Crippen LogP contribution in [0.15, 0.2) is 23.3 Å². The van der Waals surface area contributed by atoms with Gasteiger partial charge in [0.25, 0.3) is 16.0 Å². The maximum Gasteiger partial charge on any atom is 0.261 e. The molecule has 4 rings (SSSR count). The molecule has 0 spiro atoms. The second-order valence-electron chi connectivity index (χ2n) is 8.50. The highest BCUT2D eigenvalue weighted by atomic mass is 32.2. The summed E-state index contributed by atoms with van der Waals surface area (Å²) in [6.07, 6.45) is 6.79. The van der Waals surface area contributed by atoms with Crippen LogP contribution in [0.25, 0.3) is 11.1 Å². The zero-order chi connectivity index (χ0) is 25.0. The summed E-state index contributed by atoms with van der Waals surface area (Å²) in [5.41, 5.74) is 10.6. The number of nitrogens with two attached hydrogens (primary N) is 1. The number of aliphatic imine (C=N–C) groups is 1. The molecular formula is C23H30N4O6S. The number of ether oxygens (including phenoxy) is 2. The SMILES string of the molecule is CS(=O)(=O)O.C[C@@H](COc1cc(-c2cnc3c(c2)CCCO3)c2c(c1C(N)=O)CC=N2)N(C)C. The van der Waals surface area contributed by atoms with E-state index in [4.69, 9.17) is 19.8 Å². The average Bonchev–Trinajstić information content (AvgIpc) is 3.24. The number of rotatable bonds is 6. The third kappa shape index (κ3) is 6.31. The molecule has 10 nitrogen and oxygen atoms in total. The van der Waals surface area contributed by atoms with Crippen LogP contribution in [-0.4, -0.2) is 74.6 Å². The van der Waals surface area contributed by atoms with Gasteiger partial charge in [0.2, 0.25) is 5.88 Å². The van der Waals surface area contributed by atoms with Gasteiger partial charge < -0.3 is 20.1 Å². The monoisotopic (exact) mass is 490 g/mol. The fraction of sp³-hybridized carbons (Fsp3) is 0.435. The number of likely N-dealkylation sites (N-methyl/N-ethyl adjacent to an activating group) is 1. The van der Waals surface area contributed by atoms with Crippen molar-refractivity contribution < 1.29 is 27.2 Å². The lowest BCUT2D eigenvalue weighted by molar-refractivity contribution is 0.0993. The molecule has 0 radical (unpaired) electrons. The van der Waals surface area contributed by atoms with Crippen LogP contribution >= 0.6 is 0 Å². The lowest BCUT2D eigenvalue weighted by Crippen LogP contribution is -2.31. The highest BCUT2D eigenvalue weighted by Crippen LogP contribution is 2.43. The van der Waals surface area contributed by atoms with E-state index in [1.807, 2.05) is 26.4 Å². The topological polar surface area (TPSA) is 144 Å². The number of hydrogen-bond donors (Lipinski definition) is 2. The molecule has 0 saturated carbocycles. The minimum Gasteiger partial charge on any atom is -0.491 e. The van der Waals surface area contributed by atoms with Gasteiger partial charge in [0, 0.05) is 47.1 Å². The molecule has 0 bridgehead atoms. The Balaban J connectivity index is 0.000000588. The number of carbonyl (C=O) groups excluding carboxylic acids is 1. The van der Waals surface area contributed by atoms with Crippen LogP contribution in [0.2, 0.25) is 0 Å². The van der Waals surface area contributed by atoms with Crippen molar-refractivity contribution in [3.05, 3.63) is 35.0 Å². The smallest absolute Gasteiger partial charge is 0.261 e. The van der Waals surface area contributed by atoms with Gasteiger partial charge in [0.05, 0.1) is 24.1 Å². The molecule has 0 saturated heterocycles. The molecule has 3 heterocycles. The Morgan fingerprint density at radius 1 is 1.35 bits per heavy atom. The van der Waals surface area contributed by atoms with Crippen molar-refractivity contribution in [2.24, 2.45) is 10.7 Å². The van der Waals surface area contributed by atoms with E-state index in [9.17, 15) is 13.2 Å². The minimum atomic E-state index is -3.67. The van der Waals surface area contributed by atoms with Crippen LogP contribution in [0.1, 0.15) is 34.8 Å². The zero-order valence-corrected chi connectivity index (χ0v) is 20.6. The number of amides is 1. The fourth-order valence-corrected chi connectivity index (χ4v) is 3.62. The van der Waals surface area contributed by atoms with Crippen molar-refractivity contribution in [2.75, 3.05) is 33.6 Å². The van der Waals surface area contributed by atoms with E-state index in [2.05, 4.69) is 27.9 Å². The molecule has 0 unspecified atom stereocenters. The maximum atomic E-state index is 12.2. The van der Waals surface area contributed by atoms with Gasteiger partial charge in [-0.1, -0.05) is 0 Å². The average molecular weight is 491 g/mol. The second-order valence-corrected chi connectivity index (χ2v) is 9.97. The lowest BCUT2D eigenvalue weighted by Gasteiger charge is -2.22. The molecule has 3 N–H and O–H groups in total. The quantitative estimate of drug-likeness (QED) is 0.587. The van der Waals surface area contributed by atoms with E-state index in [1.54, 1.807) is 6.20 Å². The van der Waals surface area contributed by atoms with Crippen LogP contribution in [0.4, 0.5) is 5.69 Å². The molecule has 1 aromatic heterocycles. The third-order valence-electron chi connectivity index (χ3n) is 5.55. The molecule has 1 amide bonds. The van der Waals surface area contributed by atoms with Crippen LogP contribution in [-0.2, 0) is 23.0 Å². The van der Waals surface area contributed by atoms with E-state index in [1.165, 1.54) is 0 Å². The Kier molecular flexibility index (Phi) is 7.90. The van der Waals surface area contributed by atoms with E-state index >= 15 is 0 Å². The Morgan fingerprint density at radius 2 is 2.06 bits per heavy atom. The highest BCUT2D eigenvalue weighted by molar-refractivity contribution is 7.85. The van der Waals surface area contributed by atoms with Crippen LogP contribution in [0.5, 0.6) is 11.6 Å². The molecule has 1 atom stereocenters. The van der Waals surface area contributed by atoms with Crippen molar-refractivity contribution >= 4 is 27.9 Å². The van der Waals surface area contributed by atoms with Crippen LogP contribution in [0.3, 0.4) is 0 Å². The molecule has 0 aliphatic carbocycles. The van der Waals surface area contributed by atoms with Gasteiger partial charge in [-0.05, 0) is 46.0 Å². The Bertz CT molecular complexity index is 1200. The van der Waals surface area contributed by atoms with E-state index < -0.39 is 16.0 Å². The first-order valence-corrected chi connectivity index (χ1v) is 12.7. The molecule has 11 heteroatoms. The number of nitrogens with zero attached hydrogens (tertiary/aromatic N) is 3. The van der Waals surface area contributed by atoms with Gasteiger partial charge in [-0.15, -0.1) is 0 Å². The van der Waals surface area contributed by atoms with E-state index in [-0.39, 0.29) is 6.04 Å². The molecule has 34 heavy (non-hydrogen) atoms. The number of fused-ring (bicyclic) bond motifs is 2. The number of pyridine rings is 1. The van der Waals surface area contributed by atoms with Crippen LogP contribution in [0, 0.1) is 0 Å². The van der Waals surface area contributed by atoms with Gasteiger partial charge in [0.15, 0.2) is 0 Å². The largest absolute Gasteiger partial charge is 0.491 e. The Labute approximate surface area is 199 Å². The summed E-state index contributed by atoms with van der Waals surface area (Å²) in [5.74, 6) is 0.701. The summed E-state index contributed by atoms with van der Waals surface area (Å²) in [6, 6.07) is 4.16. The van der Waals surface area contributed by atoms with Crippen molar-refractivity contribution in [3.8, 4) is 22.8 Å². The highest BCUT2D eigenvalue weighted by Gasteiger charge is 2.26. The molecule has 184 valence electrons.